The number of nitrogens with one attached hydrogen (secondary N) is 1. The van der Waals surface area contributed by atoms with Crippen LogP contribution in [-0.2, 0) is 26.1 Å². The van der Waals surface area contributed by atoms with Gasteiger partial charge in [0.25, 0.3) is 0 Å². The molecule has 1 aliphatic rings. The van der Waals surface area contributed by atoms with E-state index in [2.05, 4.69) is 20.1 Å². The zero-order valence-corrected chi connectivity index (χ0v) is 14.8. The summed E-state index contributed by atoms with van der Waals surface area (Å²) >= 11 is 6.23. The van der Waals surface area contributed by atoms with E-state index in [4.69, 9.17) is 16.0 Å². The molecule has 0 amide bonds. The van der Waals surface area contributed by atoms with Crippen molar-refractivity contribution in [3.8, 4) is 11.3 Å². The quantitative estimate of drug-likeness (QED) is 0.744. The largest absolute Gasteiger partial charge is 0.460 e. The molecule has 1 aromatic carbocycles. The highest BCUT2D eigenvalue weighted by Gasteiger charge is 2.14. The van der Waals surface area contributed by atoms with Gasteiger partial charge in [-0.05, 0) is 37.1 Å². The highest BCUT2D eigenvalue weighted by Crippen LogP contribution is 2.29. The summed E-state index contributed by atoms with van der Waals surface area (Å²) in [5.41, 5.74) is 0.915. The number of furan rings is 1. The van der Waals surface area contributed by atoms with Crippen LogP contribution in [0.25, 0.3) is 11.3 Å². The van der Waals surface area contributed by atoms with Gasteiger partial charge < -0.3 is 14.3 Å². The summed E-state index contributed by atoms with van der Waals surface area (Å²) < 4.78 is 8.17. The molecule has 0 saturated heterocycles. The normalized spacial score (nSPS) is 14.3. The fraction of sp³-hybridized carbons (Fsp3) is 0.368. The second-order valence-electron chi connectivity index (χ2n) is 6.34. The molecule has 0 spiro atoms. The molecule has 1 N–H and O–H groups in total. The summed E-state index contributed by atoms with van der Waals surface area (Å²) in [6.45, 7) is 2.36. The number of fused-ring (bicyclic) bond motifs is 1. The van der Waals surface area contributed by atoms with Crippen molar-refractivity contribution < 1.29 is 4.42 Å². The molecule has 1 aliphatic heterocycles. The Kier molecular flexibility index (Phi) is 4.85. The van der Waals surface area contributed by atoms with Crippen LogP contribution in [0.3, 0.4) is 0 Å². The van der Waals surface area contributed by atoms with Gasteiger partial charge in [0.2, 0.25) is 0 Å². The van der Waals surface area contributed by atoms with E-state index in [1.54, 1.807) is 0 Å². The van der Waals surface area contributed by atoms with E-state index in [0.717, 1.165) is 41.7 Å². The van der Waals surface area contributed by atoms with Gasteiger partial charge in [0.1, 0.15) is 23.2 Å². The number of aromatic nitrogens is 3. The number of aryl methyl sites for hydroxylation is 1. The summed E-state index contributed by atoms with van der Waals surface area (Å²) in [5, 5.41) is 12.8. The van der Waals surface area contributed by atoms with Crippen molar-refractivity contribution in [1.29, 1.82) is 0 Å². The monoisotopic (exact) mass is 356 g/mol. The van der Waals surface area contributed by atoms with Gasteiger partial charge >= 0.3 is 0 Å². The lowest BCUT2D eigenvalue weighted by Gasteiger charge is -2.07. The van der Waals surface area contributed by atoms with Crippen LogP contribution in [0.1, 0.15) is 36.7 Å². The molecule has 0 unspecified atom stereocenters. The maximum Gasteiger partial charge on any atom is 0.147 e. The van der Waals surface area contributed by atoms with Gasteiger partial charge in [-0.25, -0.2) is 0 Å². The maximum atomic E-state index is 6.23. The lowest BCUT2D eigenvalue weighted by atomic mass is 10.2. The number of rotatable bonds is 5. The van der Waals surface area contributed by atoms with Crippen molar-refractivity contribution in [2.75, 3.05) is 0 Å². The van der Waals surface area contributed by atoms with Gasteiger partial charge in [0, 0.05) is 18.5 Å². The first-order valence-corrected chi connectivity index (χ1v) is 9.14. The van der Waals surface area contributed by atoms with Crippen LogP contribution >= 0.6 is 11.6 Å². The summed E-state index contributed by atoms with van der Waals surface area (Å²) in [4.78, 5) is 0. The predicted molar refractivity (Wildman–Crippen MR) is 97.3 cm³/mol. The van der Waals surface area contributed by atoms with Gasteiger partial charge in [-0.1, -0.05) is 30.2 Å². The second-order valence-corrected chi connectivity index (χ2v) is 6.75. The smallest absolute Gasteiger partial charge is 0.147 e. The van der Waals surface area contributed by atoms with Crippen LogP contribution in [0.4, 0.5) is 0 Å². The molecule has 0 atom stereocenters. The summed E-state index contributed by atoms with van der Waals surface area (Å²) in [5.74, 6) is 3.80. The zero-order valence-electron chi connectivity index (χ0n) is 14.0. The van der Waals surface area contributed by atoms with Gasteiger partial charge in [-0.15, -0.1) is 10.2 Å². The number of nitrogens with zero attached hydrogens (tertiary/aromatic N) is 3. The van der Waals surface area contributed by atoms with Crippen molar-refractivity contribution >= 4 is 11.6 Å². The molecule has 2 aromatic heterocycles. The fourth-order valence-corrected chi connectivity index (χ4v) is 3.48. The number of hydrogen-bond donors (Lipinski definition) is 1. The molecule has 0 radical (unpaired) electrons. The molecule has 0 saturated carbocycles. The van der Waals surface area contributed by atoms with Crippen molar-refractivity contribution in [3.05, 3.63) is 58.8 Å². The van der Waals surface area contributed by atoms with Crippen LogP contribution < -0.4 is 5.32 Å². The lowest BCUT2D eigenvalue weighted by Crippen LogP contribution is -2.17. The number of benzene rings is 1. The highest BCUT2D eigenvalue weighted by molar-refractivity contribution is 6.33. The Morgan fingerprint density at radius 3 is 2.88 bits per heavy atom. The second kappa shape index (κ2) is 7.42. The third kappa shape index (κ3) is 3.62. The molecule has 3 aromatic rings. The average molecular weight is 357 g/mol. The minimum absolute atomic E-state index is 0.645. The Balaban J connectivity index is 1.38. The summed E-state index contributed by atoms with van der Waals surface area (Å²) in [6.07, 6.45) is 4.72. The summed E-state index contributed by atoms with van der Waals surface area (Å²) in [6, 6.07) is 11.6. The van der Waals surface area contributed by atoms with Crippen LogP contribution in [-0.4, -0.2) is 14.8 Å². The molecule has 5 nitrogen and oxygen atoms in total. The first-order chi connectivity index (χ1) is 12.3. The van der Waals surface area contributed by atoms with E-state index in [1.165, 1.54) is 19.3 Å². The van der Waals surface area contributed by atoms with Crippen LogP contribution in [0.2, 0.25) is 5.02 Å². The predicted octanol–water partition coefficient (Wildman–Crippen LogP) is 4.21. The minimum Gasteiger partial charge on any atom is -0.460 e. The Morgan fingerprint density at radius 2 is 1.96 bits per heavy atom. The molecule has 130 valence electrons. The Bertz CT molecular complexity index is 855. The summed E-state index contributed by atoms with van der Waals surface area (Å²) in [7, 11) is 0. The van der Waals surface area contributed by atoms with Crippen LogP contribution in [0.15, 0.2) is 40.8 Å². The number of hydrogen-bond acceptors (Lipinski definition) is 4. The molecule has 0 bridgehead atoms. The Labute approximate surface area is 152 Å². The van der Waals surface area contributed by atoms with E-state index in [9.17, 15) is 0 Å². The highest BCUT2D eigenvalue weighted by atomic mass is 35.5. The standard InChI is InChI=1S/C19H21ClN4O/c20-16-7-4-3-6-15(16)17-10-9-14(25-17)12-21-13-19-23-22-18-8-2-1-5-11-24(18)19/h3-4,6-7,9-10,21H,1-2,5,8,11-13H2. The van der Waals surface area contributed by atoms with E-state index >= 15 is 0 Å². The van der Waals surface area contributed by atoms with E-state index in [1.807, 2.05) is 36.4 Å². The minimum atomic E-state index is 0.645. The molecule has 6 heteroatoms. The SMILES string of the molecule is Clc1ccccc1-c1ccc(CNCc2nnc3n2CCCCC3)o1. The van der Waals surface area contributed by atoms with Gasteiger partial charge in [0.15, 0.2) is 0 Å². The van der Waals surface area contributed by atoms with Crippen molar-refractivity contribution in [1.82, 2.24) is 20.1 Å². The number of halogens is 1. The molecule has 25 heavy (non-hydrogen) atoms. The molecule has 0 aliphatic carbocycles. The van der Waals surface area contributed by atoms with Gasteiger partial charge in [0.05, 0.1) is 18.1 Å². The van der Waals surface area contributed by atoms with Gasteiger partial charge in [-0.2, -0.15) is 0 Å². The van der Waals surface area contributed by atoms with E-state index in [0.29, 0.717) is 18.1 Å². The lowest BCUT2D eigenvalue weighted by molar-refractivity contribution is 0.484. The van der Waals surface area contributed by atoms with Crippen LogP contribution in [0.5, 0.6) is 0 Å². The molecular formula is C19H21ClN4O. The van der Waals surface area contributed by atoms with E-state index in [-0.39, 0.29) is 0 Å². The maximum absolute atomic E-state index is 6.23. The van der Waals surface area contributed by atoms with Crippen molar-refractivity contribution in [3.63, 3.8) is 0 Å². The fourth-order valence-electron chi connectivity index (χ4n) is 3.25. The third-order valence-electron chi connectivity index (χ3n) is 4.57. The average Bonchev–Trinajstić information content (AvgIpc) is 3.16. The van der Waals surface area contributed by atoms with Crippen molar-refractivity contribution in [2.45, 2.75) is 45.3 Å². The third-order valence-corrected chi connectivity index (χ3v) is 4.90. The molecular weight excluding hydrogens is 336 g/mol. The zero-order chi connectivity index (χ0) is 17.1. The van der Waals surface area contributed by atoms with E-state index < -0.39 is 0 Å². The molecule has 3 heterocycles. The van der Waals surface area contributed by atoms with Gasteiger partial charge in [-0.3, -0.25) is 0 Å². The van der Waals surface area contributed by atoms with Crippen molar-refractivity contribution in [2.24, 2.45) is 0 Å². The molecule has 4 rings (SSSR count). The first-order valence-electron chi connectivity index (χ1n) is 8.76. The molecule has 0 fully saturated rings. The van der Waals surface area contributed by atoms with Crippen LogP contribution in [0, 0.1) is 0 Å². The Hall–Kier alpha value is -2.11. The topological polar surface area (TPSA) is 55.9 Å². The Morgan fingerprint density at radius 1 is 1.04 bits per heavy atom. The first kappa shape index (κ1) is 16.4.